The largest absolute Gasteiger partial charge is 0.387 e. The Morgan fingerprint density at radius 2 is 2.20 bits per heavy atom. The Bertz CT molecular complexity index is 431. The third-order valence-electron chi connectivity index (χ3n) is 4.22. The average molecular weight is 277 g/mol. The number of aliphatic hydroxyl groups excluding tert-OH is 1. The highest BCUT2D eigenvalue weighted by atomic mass is 16.5. The number of aliphatic hydroxyl groups is 1. The summed E-state index contributed by atoms with van der Waals surface area (Å²) in [4.78, 5) is 2.37. The molecule has 112 valence electrons. The van der Waals surface area contributed by atoms with E-state index in [0.717, 1.165) is 31.8 Å². The van der Waals surface area contributed by atoms with E-state index >= 15 is 0 Å². The SMILES string of the molecule is COCC1CCCN(CC(O)c2ccc(C)cc2C)C1. The molecule has 0 saturated carbocycles. The fraction of sp³-hybridized carbons (Fsp3) is 0.647. The lowest BCUT2D eigenvalue weighted by Gasteiger charge is -2.33. The van der Waals surface area contributed by atoms with Crippen LogP contribution >= 0.6 is 0 Å². The number of rotatable bonds is 5. The van der Waals surface area contributed by atoms with Crippen molar-refractivity contribution in [1.82, 2.24) is 4.90 Å². The number of hydrogen-bond acceptors (Lipinski definition) is 3. The van der Waals surface area contributed by atoms with E-state index in [4.69, 9.17) is 4.74 Å². The summed E-state index contributed by atoms with van der Waals surface area (Å²) in [5, 5.41) is 10.5. The van der Waals surface area contributed by atoms with Gasteiger partial charge in [0.05, 0.1) is 12.7 Å². The van der Waals surface area contributed by atoms with Crippen LogP contribution in [-0.2, 0) is 4.74 Å². The summed E-state index contributed by atoms with van der Waals surface area (Å²) in [7, 11) is 1.77. The zero-order valence-electron chi connectivity index (χ0n) is 12.9. The zero-order chi connectivity index (χ0) is 14.5. The second-order valence-corrected chi connectivity index (χ2v) is 6.10. The number of ether oxygens (including phenoxy) is 1. The molecule has 1 aliphatic heterocycles. The van der Waals surface area contributed by atoms with Crippen LogP contribution in [0.25, 0.3) is 0 Å². The molecule has 1 saturated heterocycles. The summed E-state index contributed by atoms with van der Waals surface area (Å²) in [6.45, 7) is 7.84. The molecule has 1 aromatic carbocycles. The first-order valence-corrected chi connectivity index (χ1v) is 7.56. The molecule has 2 atom stereocenters. The Balaban J connectivity index is 1.95. The van der Waals surface area contributed by atoms with Crippen LogP contribution in [0.4, 0.5) is 0 Å². The molecule has 1 aliphatic rings. The van der Waals surface area contributed by atoms with Crippen LogP contribution in [0.5, 0.6) is 0 Å². The van der Waals surface area contributed by atoms with Gasteiger partial charge in [-0.05, 0) is 50.3 Å². The fourth-order valence-electron chi connectivity index (χ4n) is 3.23. The van der Waals surface area contributed by atoms with Gasteiger partial charge in [0.2, 0.25) is 0 Å². The van der Waals surface area contributed by atoms with Crippen LogP contribution in [0, 0.1) is 19.8 Å². The summed E-state index contributed by atoms with van der Waals surface area (Å²) in [6, 6.07) is 6.28. The van der Waals surface area contributed by atoms with E-state index in [9.17, 15) is 5.11 Å². The molecule has 1 fully saturated rings. The van der Waals surface area contributed by atoms with Gasteiger partial charge in [0.15, 0.2) is 0 Å². The predicted molar refractivity (Wildman–Crippen MR) is 81.9 cm³/mol. The number of nitrogens with zero attached hydrogens (tertiary/aromatic N) is 1. The minimum atomic E-state index is -0.392. The maximum Gasteiger partial charge on any atom is 0.0919 e. The first-order valence-electron chi connectivity index (χ1n) is 7.56. The van der Waals surface area contributed by atoms with Crippen molar-refractivity contribution in [3.63, 3.8) is 0 Å². The van der Waals surface area contributed by atoms with Gasteiger partial charge in [-0.1, -0.05) is 23.8 Å². The van der Waals surface area contributed by atoms with Gasteiger partial charge < -0.3 is 14.7 Å². The second-order valence-electron chi connectivity index (χ2n) is 6.10. The summed E-state index contributed by atoms with van der Waals surface area (Å²) in [5.41, 5.74) is 3.49. The normalized spacial score (nSPS) is 21.9. The Kier molecular flexibility index (Phi) is 5.58. The van der Waals surface area contributed by atoms with Crippen molar-refractivity contribution in [3.8, 4) is 0 Å². The molecule has 20 heavy (non-hydrogen) atoms. The summed E-state index contributed by atoms with van der Waals surface area (Å²) in [5.74, 6) is 0.611. The van der Waals surface area contributed by atoms with Crippen molar-refractivity contribution in [3.05, 3.63) is 34.9 Å². The first-order chi connectivity index (χ1) is 9.60. The third-order valence-corrected chi connectivity index (χ3v) is 4.22. The molecule has 3 nitrogen and oxygen atoms in total. The summed E-state index contributed by atoms with van der Waals surface area (Å²) in [6.07, 6.45) is 2.05. The van der Waals surface area contributed by atoms with E-state index in [1.54, 1.807) is 7.11 Å². The molecule has 0 spiro atoms. The van der Waals surface area contributed by atoms with Crippen LogP contribution in [-0.4, -0.2) is 43.4 Å². The predicted octanol–water partition coefficient (Wildman–Crippen LogP) is 2.70. The average Bonchev–Trinajstić information content (AvgIpc) is 2.39. The van der Waals surface area contributed by atoms with Gasteiger partial charge in [0, 0.05) is 20.2 Å². The molecule has 2 rings (SSSR count). The molecule has 0 radical (unpaired) electrons. The molecule has 1 aromatic rings. The number of hydrogen-bond donors (Lipinski definition) is 1. The highest BCUT2D eigenvalue weighted by Gasteiger charge is 2.22. The highest BCUT2D eigenvalue weighted by molar-refractivity contribution is 5.32. The smallest absolute Gasteiger partial charge is 0.0919 e. The van der Waals surface area contributed by atoms with Crippen LogP contribution in [0.15, 0.2) is 18.2 Å². The van der Waals surface area contributed by atoms with Crippen molar-refractivity contribution in [1.29, 1.82) is 0 Å². The van der Waals surface area contributed by atoms with E-state index in [-0.39, 0.29) is 0 Å². The number of methoxy groups -OCH3 is 1. The lowest BCUT2D eigenvalue weighted by atomic mass is 9.97. The van der Waals surface area contributed by atoms with Gasteiger partial charge >= 0.3 is 0 Å². The minimum absolute atomic E-state index is 0.392. The first kappa shape index (κ1) is 15.5. The topological polar surface area (TPSA) is 32.7 Å². The van der Waals surface area contributed by atoms with Crippen LogP contribution in [0.3, 0.4) is 0 Å². The van der Waals surface area contributed by atoms with Gasteiger partial charge in [-0.25, -0.2) is 0 Å². The van der Waals surface area contributed by atoms with E-state index < -0.39 is 6.10 Å². The van der Waals surface area contributed by atoms with Gasteiger partial charge in [-0.2, -0.15) is 0 Å². The van der Waals surface area contributed by atoms with Gasteiger partial charge in [0.25, 0.3) is 0 Å². The quantitative estimate of drug-likeness (QED) is 0.898. The van der Waals surface area contributed by atoms with E-state index in [1.807, 2.05) is 0 Å². The van der Waals surface area contributed by atoms with Crippen molar-refractivity contribution >= 4 is 0 Å². The standard InChI is InChI=1S/C17H27NO2/c1-13-6-7-16(14(2)9-13)17(19)11-18-8-4-5-15(10-18)12-20-3/h6-7,9,15,17,19H,4-5,8,10-12H2,1-3H3. The van der Waals surface area contributed by atoms with Gasteiger partial charge in [-0.15, -0.1) is 0 Å². The maximum absolute atomic E-state index is 10.5. The van der Waals surface area contributed by atoms with Crippen LogP contribution in [0.1, 0.15) is 35.6 Å². The lowest BCUT2D eigenvalue weighted by Crippen LogP contribution is -2.39. The minimum Gasteiger partial charge on any atom is -0.387 e. The highest BCUT2D eigenvalue weighted by Crippen LogP contribution is 2.23. The Morgan fingerprint density at radius 3 is 2.90 bits per heavy atom. The number of piperidine rings is 1. The zero-order valence-corrected chi connectivity index (χ0v) is 12.9. The molecule has 0 bridgehead atoms. The summed E-state index contributed by atoms with van der Waals surface area (Å²) >= 11 is 0. The van der Waals surface area contributed by atoms with E-state index in [1.165, 1.54) is 24.0 Å². The second kappa shape index (κ2) is 7.21. The Morgan fingerprint density at radius 1 is 1.40 bits per heavy atom. The van der Waals surface area contributed by atoms with E-state index in [0.29, 0.717) is 5.92 Å². The molecule has 1 heterocycles. The molecule has 3 heteroatoms. The van der Waals surface area contributed by atoms with Gasteiger partial charge in [-0.3, -0.25) is 0 Å². The van der Waals surface area contributed by atoms with Crippen molar-refractivity contribution < 1.29 is 9.84 Å². The lowest BCUT2D eigenvalue weighted by molar-refractivity contribution is 0.0561. The van der Waals surface area contributed by atoms with Crippen molar-refractivity contribution in [2.75, 3.05) is 33.4 Å². The number of aryl methyl sites for hydroxylation is 2. The van der Waals surface area contributed by atoms with E-state index in [2.05, 4.69) is 36.9 Å². The number of benzene rings is 1. The Hall–Kier alpha value is -0.900. The number of likely N-dealkylation sites (tertiary alicyclic amines) is 1. The van der Waals surface area contributed by atoms with Crippen LogP contribution in [0.2, 0.25) is 0 Å². The molecular formula is C17H27NO2. The van der Waals surface area contributed by atoms with Crippen LogP contribution < -0.4 is 0 Å². The maximum atomic E-state index is 10.5. The molecular weight excluding hydrogens is 250 g/mol. The molecule has 0 amide bonds. The molecule has 0 aromatic heterocycles. The Labute approximate surface area is 122 Å². The van der Waals surface area contributed by atoms with Gasteiger partial charge in [0.1, 0.15) is 0 Å². The third kappa shape index (κ3) is 4.05. The number of β-amino-alcohol motifs (C(OH)–C–C–N with tert-alkyl or cyclic N) is 1. The molecule has 1 N–H and O–H groups in total. The fourth-order valence-corrected chi connectivity index (χ4v) is 3.23. The van der Waals surface area contributed by atoms with Crippen molar-refractivity contribution in [2.45, 2.75) is 32.8 Å². The van der Waals surface area contributed by atoms with Crippen molar-refractivity contribution in [2.24, 2.45) is 5.92 Å². The molecule has 2 unspecified atom stereocenters. The summed E-state index contributed by atoms with van der Waals surface area (Å²) < 4.78 is 5.26. The monoisotopic (exact) mass is 277 g/mol. The molecule has 0 aliphatic carbocycles.